The molecule has 0 amide bonds. The van der Waals surface area contributed by atoms with Gasteiger partial charge in [-0.25, -0.2) is 4.79 Å². The maximum Gasteiger partial charge on any atom is 0.673 e. The summed E-state index contributed by atoms with van der Waals surface area (Å²) in [6.07, 6.45) is 15.3. The molecular formula is C22H35BF4N2O3. The molecule has 0 aliphatic heterocycles. The standard InChI is InChI=1S/C22H35N2O3.BF4/c1-3-4-5-6-7-8-9-10-11-12-13-14-17-27-22(25)19-15-16-21(26-2)20(18-19)24-23;2-1(3,4)5/h15-16,18H,3-14,17H2,1-2H3;/q+1;-1. The number of esters is 1. The van der Waals surface area contributed by atoms with Crippen LogP contribution in [0.25, 0.3) is 4.98 Å². The van der Waals surface area contributed by atoms with Gasteiger partial charge in [0.2, 0.25) is 11.1 Å². The number of unbranched alkanes of at least 4 members (excludes halogenated alkanes) is 11. The van der Waals surface area contributed by atoms with E-state index < -0.39 is 13.2 Å². The molecule has 0 saturated carbocycles. The highest BCUT2D eigenvalue weighted by atomic mass is 19.5. The molecule has 0 radical (unpaired) electrons. The molecule has 5 nitrogen and oxygen atoms in total. The number of methoxy groups -OCH3 is 1. The number of ether oxygens (including phenoxy) is 2. The normalized spacial score (nSPS) is 10.7. The lowest BCUT2D eigenvalue weighted by Crippen LogP contribution is -2.06. The van der Waals surface area contributed by atoms with E-state index in [2.05, 4.69) is 11.9 Å². The van der Waals surface area contributed by atoms with Crippen molar-refractivity contribution < 1.29 is 31.5 Å². The van der Waals surface area contributed by atoms with Gasteiger partial charge in [-0.2, -0.15) is 0 Å². The zero-order chi connectivity index (χ0) is 24.2. The highest BCUT2D eigenvalue weighted by Crippen LogP contribution is 2.28. The van der Waals surface area contributed by atoms with Crippen LogP contribution < -0.4 is 4.74 Å². The van der Waals surface area contributed by atoms with Crippen LogP contribution in [0, 0.1) is 5.39 Å². The Labute approximate surface area is 188 Å². The molecule has 0 saturated heterocycles. The smallest absolute Gasteiger partial charge is 0.489 e. The Morgan fingerprint density at radius 2 is 1.38 bits per heavy atom. The van der Waals surface area contributed by atoms with E-state index >= 15 is 0 Å². The molecule has 1 rings (SSSR count). The van der Waals surface area contributed by atoms with Crippen molar-refractivity contribution in [3.8, 4) is 5.75 Å². The van der Waals surface area contributed by atoms with Gasteiger partial charge in [0.25, 0.3) is 0 Å². The number of carbonyl (C=O) groups excluding carboxylic acids is 1. The maximum atomic E-state index is 12.0. The summed E-state index contributed by atoms with van der Waals surface area (Å²) in [4.78, 5) is 15.1. The Morgan fingerprint density at radius 1 is 0.906 bits per heavy atom. The van der Waals surface area contributed by atoms with Crippen molar-refractivity contribution in [3.63, 3.8) is 0 Å². The third kappa shape index (κ3) is 17.4. The summed E-state index contributed by atoms with van der Waals surface area (Å²) in [5, 5.41) is 8.95. The molecule has 1 aromatic rings. The average Bonchev–Trinajstić information content (AvgIpc) is 2.75. The molecule has 0 fully saturated rings. The molecule has 0 heterocycles. The summed E-state index contributed by atoms with van der Waals surface area (Å²) in [5.74, 6) is 0.0145. The van der Waals surface area contributed by atoms with E-state index in [9.17, 15) is 22.1 Å². The molecule has 0 bridgehead atoms. The van der Waals surface area contributed by atoms with Gasteiger partial charge >= 0.3 is 18.9 Å². The molecular weight excluding hydrogens is 427 g/mol. The molecule has 0 aromatic heterocycles. The van der Waals surface area contributed by atoms with E-state index in [0.29, 0.717) is 17.9 Å². The van der Waals surface area contributed by atoms with Crippen molar-refractivity contribution in [2.45, 2.75) is 84.0 Å². The second-order valence-electron chi connectivity index (χ2n) is 7.51. The van der Waals surface area contributed by atoms with E-state index in [1.165, 1.54) is 77.4 Å². The topological polar surface area (TPSA) is 63.7 Å². The Morgan fingerprint density at radius 3 is 1.81 bits per heavy atom. The Hall–Kier alpha value is -2.31. The van der Waals surface area contributed by atoms with Crippen molar-refractivity contribution in [3.05, 3.63) is 28.7 Å². The molecule has 10 heteroatoms. The van der Waals surface area contributed by atoms with E-state index in [4.69, 9.17) is 14.9 Å². The predicted octanol–water partition coefficient (Wildman–Crippen LogP) is 8.34. The number of carbonyl (C=O) groups is 1. The fraction of sp³-hybridized carbons (Fsp3) is 0.682. The number of halogens is 4. The van der Waals surface area contributed by atoms with E-state index in [0.717, 1.165) is 12.8 Å². The van der Waals surface area contributed by atoms with E-state index in [1.807, 2.05) is 0 Å². The first-order valence-electron chi connectivity index (χ1n) is 11.3. The molecule has 0 aliphatic carbocycles. The fourth-order valence-corrected chi connectivity index (χ4v) is 3.09. The Balaban J connectivity index is 0.00000172. The lowest BCUT2D eigenvalue weighted by atomic mass is 10.1. The third-order valence-corrected chi connectivity index (χ3v) is 4.75. The summed E-state index contributed by atoms with van der Waals surface area (Å²) in [5.41, 5.74) is 0.583. The summed E-state index contributed by atoms with van der Waals surface area (Å²) in [6.45, 7) is 2.68. The lowest BCUT2D eigenvalue weighted by molar-refractivity contribution is 0.0497. The van der Waals surface area contributed by atoms with Crippen LogP contribution >= 0.6 is 0 Å². The summed E-state index contributed by atoms with van der Waals surface area (Å²) in [6, 6.07) is 4.66. The van der Waals surface area contributed by atoms with Gasteiger partial charge in [-0.05, 0) is 18.6 Å². The Bertz CT molecular complexity index is 676. The van der Waals surface area contributed by atoms with Crippen molar-refractivity contribution in [2.24, 2.45) is 0 Å². The zero-order valence-electron chi connectivity index (χ0n) is 19.1. The van der Waals surface area contributed by atoms with Crippen LogP contribution in [-0.4, -0.2) is 26.9 Å². The highest BCUT2D eigenvalue weighted by molar-refractivity contribution is 6.50. The van der Waals surface area contributed by atoms with Gasteiger partial charge in [-0.15, -0.1) is 0 Å². The van der Waals surface area contributed by atoms with Crippen LogP contribution in [0.5, 0.6) is 5.75 Å². The van der Waals surface area contributed by atoms with Crippen LogP contribution in [0.15, 0.2) is 18.2 Å². The number of diazo groups is 1. The number of rotatable bonds is 15. The largest absolute Gasteiger partial charge is 0.673 e. The predicted molar refractivity (Wildman–Crippen MR) is 119 cm³/mol. The van der Waals surface area contributed by atoms with Crippen LogP contribution in [-0.2, 0) is 4.74 Å². The molecule has 0 aliphatic rings. The van der Waals surface area contributed by atoms with Crippen molar-refractivity contribution in [2.75, 3.05) is 13.7 Å². The van der Waals surface area contributed by atoms with Gasteiger partial charge in [0, 0.05) is 0 Å². The first kappa shape index (κ1) is 29.7. The van der Waals surface area contributed by atoms with Crippen LogP contribution in [0.4, 0.5) is 23.0 Å². The molecule has 1 aromatic carbocycles. The minimum absolute atomic E-state index is 0.220. The monoisotopic (exact) mass is 462 g/mol. The van der Waals surface area contributed by atoms with Gasteiger partial charge in [0.1, 0.15) is 0 Å². The zero-order valence-corrected chi connectivity index (χ0v) is 19.1. The van der Waals surface area contributed by atoms with Crippen LogP contribution in [0.3, 0.4) is 0 Å². The van der Waals surface area contributed by atoms with Gasteiger partial charge in [0.05, 0.1) is 25.3 Å². The third-order valence-electron chi connectivity index (χ3n) is 4.75. The molecule has 0 unspecified atom stereocenters. The van der Waals surface area contributed by atoms with Crippen molar-refractivity contribution in [1.29, 1.82) is 5.39 Å². The van der Waals surface area contributed by atoms with Gasteiger partial charge in [-0.3, -0.25) is 0 Å². The van der Waals surface area contributed by atoms with E-state index in [1.54, 1.807) is 12.1 Å². The summed E-state index contributed by atoms with van der Waals surface area (Å²) >= 11 is 0. The summed E-state index contributed by atoms with van der Waals surface area (Å²) in [7, 11) is -4.52. The van der Waals surface area contributed by atoms with Gasteiger partial charge in [-0.1, -0.05) is 77.6 Å². The van der Waals surface area contributed by atoms with Crippen molar-refractivity contribution >= 4 is 18.9 Å². The minimum atomic E-state index is -6.00. The number of nitrogens with zero attached hydrogens (tertiary/aromatic N) is 2. The fourth-order valence-electron chi connectivity index (χ4n) is 3.09. The van der Waals surface area contributed by atoms with Crippen molar-refractivity contribution in [1.82, 2.24) is 0 Å². The SMILES string of the molecule is CCCCCCCCCCCCCCOC(=O)c1ccc(OC)c([N+]#N)c1.F[B-](F)(F)F. The maximum absolute atomic E-state index is 12.0. The molecule has 0 spiro atoms. The molecule has 182 valence electrons. The first-order chi connectivity index (χ1) is 15.2. The van der Waals surface area contributed by atoms with Gasteiger partial charge in [0.15, 0.2) is 4.98 Å². The lowest BCUT2D eigenvalue weighted by Gasteiger charge is -2.05. The first-order valence-corrected chi connectivity index (χ1v) is 11.3. The average molecular weight is 462 g/mol. The second kappa shape index (κ2) is 18.3. The molecule has 0 atom stereocenters. The summed E-state index contributed by atoms with van der Waals surface area (Å²) < 4.78 is 49.3. The van der Waals surface area contributed by atoms with Crippen LogP contribution in [0.1, 0.15) is 94.3 Å². The van der Waals surface area contributed by atoms with Crippen LogP contribution in [0.2, 0.25) is 0 Å². The van der Waals surface area contributed by atoms with E-state index in [-0.39, 0.29) is 5.69 Å². The number of hydrogen-bond donors (Lipinski definition) is 0. The quantitative estimate of drug-likeness (QED) is 0.0864. The number of benzene rings is 1. The molecule has 0 N–H and O–H groups in total. The Kier molecular flexibility index (Phi) is 17.0. The molecule has 32 heavy (non-hydrogen) atoms. The highest BCUT2D eigenvalue weighted by Gasteiger charge is 2.20. The minimum Gasteiger partial charge on any atom is -0.489 e. The second-order valence-corrected chi connectivity index (χ2v) is 7.51. The van der Waals surface area contributed by atoms with Gasteiger partial charge < -0.3 is 26.7 Å². The number of hydrogen-bond acceptors (Lipinski definition) is 4.